The predicted molar refractivity (Wildman–Crippen MR) is 86.9 cm³/mol. The Balaban J connectivity index is 2.10. The van der Waals surface area contributed by atoms with Crippen molar-refractivity contribution in [1.29, 1.82) is 0 Å². The van der Waals surface area contributed by atoms with E-state index in [1.54, 1.807) is 18.3 Å². The second-order valence-electron chi connectivity index (χ2n) is 4.94. The van der Waals surface area contributed by atoms with Gasteiger partial charge in [0.05, 0.1) is 21.8 Å². The molecule has 1 heterocycles. The highest BCUT2D eigenvalue weighted by Crippen LogP contribution is 2.24. The zero-order valence-corrected chi connectivity index (χ0v) is 12.2. The minimum absolute atomic E-state index is 0.231. The number of amides is 1. The van der Waals surface area contributed by atoms with E-state index in [4.69, 9.17) is 17.0 Å². The van der Waals surface area contributed by atoms with Crippen molar-refractivity contribution in [3.05, 3.63) is 65.9 Å². The highest BCUT2D eigenvalue weighted by molar-refractivity contribution is 6.06. The van der Waals surface area contributed by atoms with Crippen molar-refractivity contribution in [1.82, 2.24) is 4.57 Å². The van der Waals surface area contributed by atoms with Gasteiger partial charge >= 0.3 is 5.84 Å². The minimum atomic E-state index is -0.461. The van der Waals surface area contributed by atoms with Gasteiger partial charge in [0.1, 0.15) is 0 Å². The van der Waals surface area contributed by atoms with Gasteiger partial charge in [-0.3, -0.25) is 16.0 Å². The summed E-state index contributed by atoms with van der Waals surface area (Å²) < 4.78 is 1.90. The second kappa shape index (κ2) is 5.72. The first-order valence-corrected chi connectivity index (χ1v) is 6.86. The van der Waals surface area contributed by atoms with E-state index in [1.807, 2.05) is 41.0 Å². The quantitative estimate of drug-likeness (QED) is 0.215. The van der Waals surface area contributed by atoms with E-state index >= 15 is 0 Å². The van der Waals surface area contributed by atoms with E-state index in [-0.39, 0.29) is 5.84 Å². The fourth-order valence-electron chi connectivity index (χ4n) is 2.50. The van der Waals surface area contributed by atoms with Gasteiger partial charge in [-0.25, -0.2) is 0 Å². The lowest BCUT2D eigenvalue weighted by molar-refractivity contribution is -0.114. The lowest BCUT2D eigenvalue weighted by Gasteiger charge is -2.05. The largest absolute Gasteiger partial charge is 0.366 e. The Labute approximate surface area is 131 Å². The Kier molecular flexibility index (Phi) is 3.60. The van der Waals surface area contributed by atoms with Crippen LogP contribution in [0, 0.1) is 0 Å². The third kappa shape index (κ3) is 2.55. The molecule has 6 N–H and O–H groups in total. The zero-order valence-electron chi connectivity index (χ0n) is 12.2. The van der Waals surface area contributed by atoms with Crippen LogP contribution >= 0.6 is 0 Å². The molecule has 0 atom stereocenters. The summed E-state index contributed by atoms with van der Waals surface area (Å²) in [5.41, 5.74) is 8.41. The topological polar surface area (TPSA) is 124 Å². The molecule has 7 heteroatoms. The maximum absolute atomic E-state index is 11.6. The van der Waals surface area contributed by atoms with Crippen LogP contribution in [0.25, 0.3) is 16.6 Å². The normalized spacial score (nSPS) is 11.1. The number of hydrogen-bond donors (Lipinski definition) is 3. The zero-order chi connectivity index (χ0) is 16.4. The monoisotopic (exact) mass is 307 g/mol. The summed E-state index contributed by atoms with van der Waals surface area (Å²) in [5.74, 6) is 4.76. The molecule has 0 fully saturated rings. The molecule has 0 aliphatic heterocycles. The van der Waals surface area contributed by atoms with E-state index in [1.165, 1.54) is 0 Å². The van der Waals surface area contributed by atoms with Gasteiger partial charge in [-0.1, -0.05) is 18.2 Å². The second-order valence-corrected chi connectivity index (χ2v) is 4.94. The van der Waals surface area contributed by atoms with Crippen molar-refractivity contribution in [3.63, 3.8) is 0 Å². The van der Waals surface area contributed by atoms with Gasteiger partial charge in [-0.05, 0) is 30.3 Å². The molecule has 2 aromatic carbocycles. The standard InChI is InChI=1S/C16H14N6O/c17-15(20-21-19)10-5-7-11(8-6-10)22-9-13(16(18)23)12-3-1-2-4-14(12)22/h1-9H,(H2,18,23)(H3,17,19,20)/p+1. The summed E-state index contributed by atoms with van der Waals surface area (Å²) in [7, 11) is 0. The molecule has 0 radical (unpaired) electrons. The Morgan fingerprint density at radius 3 is 2.43 bits per heavy atom. The average molecular weight is 307 g/mol. The summed E-state index contributed by atoms with van der Waals surface area (Å²) >= 11 is 0. The van der Waals surface area contributed by atoms with Crippen LogP contribution in [-0.4, -0.2) is 16.3 Å². The summed E-state index contributed by atoms with van der Waals surface area (Å²) in [6, 6.07) is 14.9. The van der Waals surface area contributed by atoms with E-state index < -0.39 is 5.91 Å². The maximum Gasteiger partial charge on any atom is 0.350 e. The molecule has 0 aliphatic carbocycles. The maximum atomic E-state index is 11.6. The molecule has 0 unspecified atom stereocenters. The molecular weight excluding hydrogens is 292 g/mol. The number of amidine groups is 1. The van der Waals surface area contributed by atoms with E-state index in [0.29, 0.717) is 11.1 Å². The fraction of sp³-hybridized carbons (Fsp3) is 0. The fourth-order valence-corrected chi connectivity index (χ4v) is 2.50. The first kappa shape index (κ1) is 14.5. The third-order valence-corrected chi connectivity index (χ3v) is 3.58. The Hall–Kier alpha value is -3.48. The summed E-state index contributed by atoms with van der Waals surface area (Å²) in [5, 5.41) is 13.3. The number of primary amides is 1. The van der Waals surface area contributed by atoms with Gasteiger partial charge in [-0.15, -0.1) is 0 Å². The van der Waals surface area contributed by atoms with Crippen LogP contribution in [-0.2, 0) is 0 Å². The van der Waals surface area contributed by atoms with Crippen molar-refractivity contribution in [2.75, 3.05) is 0 Å². The van der Waals surface area contributed by atoms with Gasteiger partial charge in [0, 0.05) is 22.5 Å². The van der Waals surface area contributed by atoms with Crippen molar-refractivity contribution in [2.24, 2.45) is 21.9 Å². The molecule has 0 aliphatic rings. The van der Waals surface area contributed by atoms with Crippen LogP contribution < -0.4 is 17.0 Å². The third-order valence-electron chi connectivity index (χ3n) is 3.58. The van der Waals surface area contributed by atoms with Crippen LogP contribution in [0.2, 0.25) is 0 Å². The Morgan fingerprint density at radius 1 is 1.09 bits per heavy atom. The molecule has 0 spiro atoms. The molecule has 0 bridgehead atoms. The minimum Gasteiger partial charge on any atom is -0.366 e. The molecule has 7 nitrogen and oxygen atoms in total. The van der Waals surface area contributed by atoms with Crippen molar-refractivity contribution in [2.45, 2.75) is 0 Å². The number of benzene rings is 2. The molecular formula is C16H15N6O+. The van der Waals surface area contributed by atoms with Crippen LogP contribution in [0.4, 0.5) is 0 Å². The number of rotatable bonds is 3. The van der Waals surface area contributed by atoms with Crippen molar-refractivity contribution in [3.8, 4) is 5.69 Å². The van der Waals surface area contributed by atoms with Crippen LogP contribution in [0.1, 0.15) is 15.9 Å². The smallest absolute Gasteiger partial charge is 0.350 e. The average Bonchev–Trinajstić information content (AvgIpc) is 2.95. The molecule has 23 heavy (non-hydrogen) atoms. The van der Waals surface area contributed by atoms with Crippen LogP contribution in [0.3, 0.4) is 0 Å². The van der Waals surface area contributed by atoms with Gasteiger partial charge < -0.3 is 10.3 Å². The summed E-state index contributed by atoms with van der Waals surface area (Å²) in [6.07, 6.45) is 1.73. The van der Waals surface area contributed by atoms with Crippen LogP contribution in [0.5, 0.6) is 0 Å². The first-order valence-electron chi connectivity index (χ1n) is 6.86. The van der Waals surface area contributed by atoms with E-state index in [9.17, 15) is 4.79 Å². The Morgan fingerprint density at radius 2 is 1.78 bits per heavy atom. The molecule has 0 saturated carbocycles. The van der Waals surface area contributed by atoms with Crippen molar-refractivity contribution >= 4 is 22.6 Å². The lowest BCUT2D eigenvalue weighted by atomic mass is 10.1. The molecule has 114 valence electrons. The molecule has 1 aromatic heterocycles. The Bertz CT molecular complexity index is 923. The molecule has 1 amide bonds. The number of nitrogens with zero attached hydrogens (tertiary/aromatic N) is 3. The number of carbonyl (C=O) groups excluding carboxylic acids is 1. The van der Waals surface area contributed by atoms with Gasteiger partial charge in [0.15, 0.2) is 0 Å². The number of aromatic nitrogens is 1. The molecule has 0 saturated heterocycles. The number of nitrogens with two attached hydrogens (primary N) is 3. The van der Waals surface area contributed by atoms with Crippen LogP contribution in [0.15, 0.2) is 65.1 Å². The number of para-hydroxylation sites is 1. The highest BCUT2D eigenvalue weighted by Gasteiger charge is 2.14. The number of fused-ring (bicyclic) bond motifs is 1. The summed E-state index contributed by atoms with van der Waals surface area (Å²) in [6.45, 7) is 0. The van der Waals surface area contributed by atoms with Gasteiger partial charge in [0.25, 0.3) is 5.91 Å². The number of hydrogen-bond acceptors (Lipinski definition) is 2. The van der Waals surface area contributed by atoms with Gasteiger partial charge in [0.2, 0.25) is 0 Å². The summed E-state index contributed by atoms with van der Waals surface area (Å²) in [4.78, 5) is 11.6. The molecule has 3 aromatic rings. The first-order chi connectivity index (χ1) is 11.1. The highest BCUT2D eigenvalue weighted by atomic mass is 16.1. The van der Waals surface area contributed by atoms with E-state index in [0.717, 1.165) is 16.6 Å². The van der Waals surface area contributed by atoms with Gasteiger partial charge in [-0.2, -0.15) is 0 Å². The lowest BCUT2D eigenvalue weighted by Crippen LogP contribution is -2.38. The van der Waals surface area contributed by atoms with E-state index in [2.05, 4.69) is 10.3 Å². The SMILES string of the molecule is NN=NC(=[NH2+])c1ccc(-n2cc(C(N)=O)c3ccccc32)cc1. The van der Waals surface area contributed by atoms with Crippen molar-refractivity contribution < 1.29 is 10.2 Å². The predicted octanol–water partition coefficient (Wildman–Crippen LogP) is 0.561. The molecule has 3 rings (SSSR count). The number of carbonyl (C=O) groups is 1.